The standard InChI is InChI=1S/C13H19NO2S/c15-12(9-17)13(16)10-5-1-2-6-11(10)14-7-3-4-8-14/h1-2,5-6,12-13,15-17H,3-4,7-9H2. The van der Waals surface area contributed by atoms with Gasteiger partial charge in [0.2, 0.25) is 0 Å². The van der Waals surface area contributed by atoms with E-state index in [-0.39, 0.29) is 5.75 Å². The smallest absolute Gasteiger partial charge is 0.108 e. The molecule has 2 N–H and O–H groups in total. The van der Waals surface area contributed by atoms with Crippen molar-refractivity contribution in [2.24, 2.45) is 0 Å². The van der Waals surface area contributed by atoms with Gasteiger partial charge >= 0.3 is 0 Å². The third-order valence-electron chi connectivity index (χ3n) is 3.25. The molecule has 94 valence electrons. The Kier molecular flexibility index (Phi) is 4.31. The Labute approximate surface area is 107 Å². The highest BCUT2D eigenvalue weighted by Gasteiger charge is 2.23. The monoisotopic (exact) mass is 253 g/mol. The number of thiol groups is 1. The molecule has 0 aromatic heterocycles. The Morgan fingerprint density at radius 1 is 1.18 bits per heavy atom. The first-order valence-corrected chi connectivity index (χ1v) is 6.68. The first-order valence-electron chi connectivity index (χ1n) is 6.05. The highest BCUT2D eigenvalue weighted by atomic mass is 32.1. The quantitative estimate of drug-likeness (QED) is 0.714. The van der Waals surface area contributed by atoms with Crippen molar-refractivity contribution >= 4 is 18.3 Å². The minimum atomic E-state index is -0.857. The van der Waals surface area contributed by atoms with Crippen LogP contribution in [-0.2, 0) is 0 Å². The third kappa shape index (κ3) is 2.76. The molecular formula is C13H19NO2S. The second-order valence-corrected chi connectivity index (χ2v) is 4.81. The van der Waals surface area contributed by atoms with E-state index in [1.165, 1.54) is 12.8 Å². The Hall–Kier alpha value is -0.710. The van der Waals surface area contributed by atoms with Crippen molar-refractivity contribution in [2.45, 2.75) is 25.0 Å². The Balaban J connectivity index is 2.26. The summed E-state index contributed by atoms with van der Waals surface area (Å²) in [5.74, 6) is 0.259. The van der Waals surface area contributed by atoms with Gasteiger partial charge in [0.05, 0.1) is 6.10 Å². The highest BCUT2D eigenvalue weighted by molar-refractivity contribution is 7.80. The van der Waals surface area contributed by atoms with Crippen LogP contribution in [0.5, 0.6) is 0 Å². The van der Waals surface area contributed by atoms with Crippen molar-refractivity contribution in [1.82, 2.24) is 0 Å². The summed E-state index contributed by atoms with van der Waals surface area (Å²) >= 11 is 4.03. The third-order valence-corrected chi connectivity index (χ3v) is 3.63. The van der Waals surface area contributed by atoms with Gasteiger partial charge in [-0.15, -0.1) is 0 Å². The van der Waals surface area contributed by atoms with E-state index in [1.807, 2.05) is 24.3 Å². The minimum Gasteiger partial charge on any atom is -0.389 e. The number of hydrogen-bond acceptors (Lipinski definition) is 4. The molecule has 2 atom stereocenters. The lowest BCUT2D eigenvalue weighted by Crippen LogP contribution is -2.25. The zero-order chi connectivity index (χ0) is 12.3. The van der Waals surface area contributed by atoms with Gasteiger partial charge in [0.15, 0.2) is 0 Å². The van der Waals surface area contributed by atoms with Gasteiger partial charge in [0.25, 0.3) is 0 Å². The molecule has 1 aromatic rings. The molecule has 4 heteroatoms. The predicted molar refractivity (Wildman–Crippen MR) is 72.7 cm³/mol. The maximum absolute atomic E-state index is 10.1. The van der Waals surface area contributed by atoms with E-state index in [4.69, 9.17) is 0 Å². The van der Waals surface area contributed by atoms with Crippen LogP contribution in [0.15, 0.2) is 24.3 Å². The van der Waals surface area contributed by atoms with Crippen LogP contribution in [0.25, 0.3) is 0 Å². The summed E-state index contributed by atoms with van der Waals surface area (Å²) in [6, 6.07) is 7.75. The second kappa shape index (κ2) is 5.76. The van der Waals surface area contributed by atoms with Gasteiger partial charge in [-0.25, -0.2) is 0 Å². The molecule has 0 spiro atoms. The molecule has 1 saturated heterocycles. The number of aliphatic hydroxyl groups excluding tert-OH is 2. The van der Waals surface area contributed by atoms with Gasteiger partial charge in [-0.2, -0.15) is 12.6 Å². The number of aliphatic hydroxyl groups is 2. The lowest BCUT2D eigenvalue weighted by Gasteiger charge is -2.25. The summed E-state index contributed by atoms with van der Waals surface area (Å²) in [6.45, 7) is 2.06. The Bertz CT molecular complexity index is 366. The molecule has 0 aliphatic carbocycles. The fourth-order valence-corrected chi connectivity index (χ4v) is 2.49. The van der Waals surface area contributed by atoms with Crippen LogP contribution < -0.4 is 4.90 Å². The lowest BCUT2D eigenvalue weighted by atomic mass is 10.0. The Morgan fingerprint density at radius 2 is 1.82 bits per heavy atom. The highest BCUT2D eigenvalue weighted by Crippen LogP contribution is 2.30. The van der Waals surface area contributed by atoms with Crippen molar-refractivity contribution in [1.29, 1.82) is 0 Å². The molecule has 1 aliphatic heterocycles. The number of benzene rings is 1. The van der Waals surface area contributed by atoms with Crippen LogP contribution in [0.1, 0.15) is 24.5 Å². The van der Waals surface area contributed by atoms with E-state index in [0.717, 1.165) is 24.3 Å². The average Bonchev–Trinajstić information content (AvgIpc) is 2.90. The van der Waals surface area contributed by atoms with E-state index in [9.17, 15) is 10.2 Å². The molecule has 2 unspecified atom stereocenters. The lowest BCUT2D eigenvalue weighted by molar-refractivity contribution is 0.0340. The zero-order valence-electron chi connectivity index (χ0n) is 9.79. The van der Waals surface area contributed by atoms with Crippen LogP contribution in [0.2, 0.25) is 0 Å². The van der Waals surface area contributed by atoms with Crippen LogP contribution >= 0.6 is 12.6 Å². The number of nitrogens with zero attached hydrogens (tertiary/aromatic N) is 1. The van der Waals surface area contributed by atoms with Gasteiger partial charge in [-0.1, -0.05) is 18.2 Å². The maximum atomic E-state index is 10.1. The van der Waals surface area contributed by atoms with Crippen molar-refractivity contribution in [3.8, 4) is 0 Å². The predicted octanol–water partition coefficient (Wildman–Crippen LogP) is 1.61. The number of rotatable bonds is 4. The topological polar surface area (TPSA) is 43.7 Å². The van der Waals surface area contributed by atoms with Crippen LogP contribution in [0.3, 0.4) is 0 Å². The molecule has 2 rings (SSSR count). The first-order chi connectivity index (χ1) is 8.24. The average molecular weight is 253 g/mol. The van der Waals surface area contributed by atoms with E-state index in [1.54, 1.807) is 0 Å². The largest absolute Gasteiger partial charge is 0.389 e. The number of hydrogen-bond donors (Lipinski definition) is 3. The first kappa shape index (κ1) is 12.7. The SMILES string of the molecule is OC(CS)C(O)c1ccccc1N1CCCC1. The van der Waals surface area contributed by atoms with E-state index in [0.29, 0.717) is 0 Å². The molecule has 0 radical (unpaired) electrons. The second-order valence-electron chi connectivity index (χ2n) is 4.45. The Morgan fingerprint density at radius 3 is 2.47 bits per heavy atom. The van der Waals surface area contributed by atoms with Crippen molar-refractivity contribution in [3.63, 3.8) is 0 Å². The fourth-order valence-electron chi connectivity index (χ4n) is 2.29. The molecule has 1 fully saturated rings. The van der Waals surface area contributed by atoms with Crippen molar-refractivity contribution in [2.75, 3.05) is 23.7 Å². The summed E-state index contributed by atoms with van der Waals surface area (Å²) < 4.78 is 0. The summed E-state index contributed by atoms with van der Waals surface area (Å²) in [5.41, 5.74) is 1.84. The minimum absolute atomic E-state index is 0.259. The normalized spacial score (nSPS) is 19.4. The molecule has 1 heterocycles. The summed E-state index contributed by atoms with van der Waals surface area (Å²) in [7, 11) is 0. The summed E-state index contributed by atoms with van der Waals surface area (Å²) in [5, 5.41) is 19.8. The summed E-state index contributed by atoms with van der Waals surface area (Å²) in [4.78, 5) is 2.27. The van der Waals surface area contributed by atoms with Gasteiger partial charge in [0.1, 0.15) is 6.10 Å². The van der Waals surface area contributed by atoms with Crippen molar-refractivity contribution in [3.05, 3.63) is 29.8 Å². The molecule has 1 aliphatic rings. The molecule has 0 saturated carbocycles. The van der Waals surface area contributed by atoms with Gasteiger partial charge < -0.3 is 15.1 Å². The maximum Gasteiger partial charge on any atom is 0.108 e. The van der Waals surface area contributed by atoms with Gasteiger partial charge in [-0.05, 0) is 18.9 Å². The summed E-state index contributed by atoms with van der Waals surface area (Å²) in [6.07, 6.45) is 0.713. The molecule has 1 aromatic carbocycles. The fraction of sp³-hybridized carbons (Fsp3) is 0.538. The van der Waals surface area contributed by atoms with E-state index in [2.05, 4.69) is 17.5 Å². The molecule has 0 bridgehead atoms. The number of anilines is 1. The zero-order valence-corrected chi connectivity index (χ0v) is 10.7. The van der Waals surface area contributed by atoms with E-state index >= 15 is 0 Å². The molecule has 3 nitrogen and oxygen atoms in total. The molecule has 17 heavy (non-hydrogen) atoms. The number of para-hydroxylation sites is 1. The molecular weight excluding hydrogens is 234 g/mol. The van der Waals surface area contributed by atoms with Crippen LogP contribution in [-0.4, -0.2) is 35.2 Å². The van der Waals surface area contributed by atoms with Crippen LogP contribution in [0, 0.1) is 0 Å². The van der Waals surface area contributed by atoms with Crippen molar-refractivity contribution < 1.29 is 10.2 Å². The van der Waals surface area contributed by atoms with Gasteiger partial charge in [-0.3, -0.25) is 0 Å². The van der Waals surface area contributed by atoms with Crippen LogP contribution in [0.4, 0.5) is 5.69 Å². The van der Waals surface area contributed by atoms with E-state index < -0.39 is 12.2 Å². The van der Waals surface area contributed by atoms with Gasteiger partial charge in [0, 0.05) is 30.1 Å². The molecule has 0 amide bonds.